The molecule has 1 amide bonds. The standard InChI is InChI=1S/C15H23ClN4O2/c1-15(2,3)22-14(21)20-8-5-10(6-9-20)19-11-4-7-18-13(16)12(11)17/h4,7,10H,5-6,8-9,17H2,1-3H3,(H,18,19). The Hall–Kier alpha value is -1.69. The molecule has 0 saturated carbocycles. The van der Waals surface area contributed by atoms with E-state index in [-0.39, 0.29) is 12.1 Å². The van der Waals surface area contributed by atoms with Gasteiger partial charge in [-0.1, -0.05) is 11.6 Å². The zero-order valence-corrected chi connectivity index (χ0v) is 14.0. The van der Waals surface area contributed by atoms with E-state index in [9.17, 15) is 4.79 Å². The maximum atomic E-state index is 12.0. The summed E-state index contributed by atoms with van der Waals surface area (Å²) in [7, 11) is 0. The van der Waals surface area contributed by atoms with E-state index in [1.54, 1.807) is 17.2 Å². The van der Waals surface area contributed by atoms with Gasteiger partial charge in [0.05, 0.1) is 11.4 Å². The van der Waals surface area contributed by atoms with E-state index in [0.717, 1.165) is 18.5 Å². The van der Waals surface area contributed by atoms with Crippen molar-refractivity contribution in [2.75, 3.05) is 24.1 Å². The number of halogens is 1. The molecule has 0 unspecified atom stereocenters. The lowest BCUT2D eigenvalue weighted by Gasteiger charge is -2.34. The van der Waals surface area contributed by atoms with E-state index in [4.69, 9.17) is 22.1 Å². The van der Waals surface area contributed by atoms with E-state index < -0.39 is 5.60 Å². The van der Waals surface area contributed by atoms with Crippen LogP contribution in [0.2, 0.25) is 5.15 Å². The Labute approximate surface area is 136 Å². The molecular formula is C15H23ClN4O2. The van der Waals surface area contributed by atoms with Crippen molar-refractivity contribution in [3.63, 3.8) is 0 Å². The van der Waals surface area contributed by atoms with Crippen LogP contribution in [0, 0.1) is 0 Å². The smallest absolute Gasteiger partial charge is 0.410 e. The molecule has 0 aromatic carbocycles. The van der Waals surface area contributed by atoms with Crippen LogP contribution in [-0.4, -0.2) is 40.7 Å². The summed E-state index contributed by atoms with van der Waals surface area (Å²) in [4.78, 5) is 17.7. The highest BCUT2D eigenvalue weighted by Gasteiger charge is 2.27. The molecule has 0 radical (unpaired) electrons. The largest absolute Gasteiger partial charge is 0.444 e. The summed E-state index contributed by atoms with van der Waals surface area (Å²) >= 11 is 5.91. The molecule has 1 aliphatic rings. The molecule has 1 aliphatic heterocycles. The van der Waals surface area contributed by atoms with Crippen molar-refractivity contribution in [2.45, 2.75) is 45.3 Å². The summed E-state index contributed by atoms with van der Waals surface area (Å²) in [6.07, 6.45) is 3.03. The van der Waals surface area contributed by atoms with Crippen LogP contribution >= 0.6 is 11.6 Å². The third-order valence-electron chi connectivity index (χ3n) is 3.45. The van der Waals surface area contributed by atoms with Crippen LogP contribution in [0.15, 0.2) is 12.3 Å². The topological polar surface area (TPSA) is 80.5 Å². The number of likely N-dealkylation sites (tertiary alicyclic amines) is 1. The zero-order chi connectivity index (χ0) is 16.3. The van der Waals surface area contributed by atoms with Crippen molar-refractivity contribution in [2.24, 2.45) is 0 Å². The van der Waals surface area contributed by atoms with Crippen LogP contribution in [0.4, 0.5) is 16.2 Å². The number of nitrogen functional groups attached to an aromatic ring is 1. The average Bonchev–Trinajstić information content (AvgIpc) is 2.43. The first-order valence-corrected chi connectivity index (χ1v) is 7.78. The van der Waals surface area contributed by atoms with Crippen LogP contribution in [0.5, 0.6) is 0 Å². The van der Waals surface area contributed by atoms with Crippen molar-refractivity contribution in [1.29, 1.82) is 0 Å². The summed E-state index contributed by atoms with van der Waals surface area (Å²) in [5.41, 5.74) is 6.68. The number of ether oxygens (including phenoxy) is 1. The molecule has 0 bridgehead atoms. The Morgan fingerprint density at radius 3 is 2.68 bits per heavy atom. The first-order valence-electron chi connectivity index (χ1n) is 7.41. The maximum absolute atomic E-state index is 12.0. The molecule has 1 saturated heterocycles. The van der Waals surface area contributed by atoms with E-state index in [1.807, 2.05) is 20.8 Å². The molecule has 3 N–H and O–H groups in total. The molecule has 2 heterocycles. The normalized spacial score (nSPS) is 16.5. The maximum Gasteiger partial charge on any atom is 0.410 e. The van der Waals surface area contributed by atoms with Gasteiger partial charge < -0.3 is 20.7 Å². The van der Waals surface area contributed by atoms with Crippen molar-refractivity contribution >= 4 is 29.1 Å². The summed E-state index contributed by atoms with van der Waals surface area (Å²) in [6.45, 7) is 6.93. The Balaban J connectivity index is 1.87. The second-order valence-corrected chi connectivity index (χ2v) is 6.81. The van der Waals surface area contributed by atoms with Gasteiger partial charge in [0.25, 0.3) is 0 Å². The number of pyridine rings is 1. The number of carbonyl (C=O) groups excluding carboxylic acids is 1. The quantitative estimate of drug-likeness (QED) is 0.816. The van der Waals surface area contributed by atoms with Crippen LogP contribution < -0.4 is 11.1 Å². The van der Waals surface area contributed by atoms with Gasteiger partial charge in [-0.3, -0.25) is 0 Å². The fraction of sp³-hybridized carbons (Fsp3) is 0.600. The highest BCUT2D eigenvalue weighted by Crippen LogP contribution is 2.27. The van der Waals surface area contributed by atoms with Gasteiger partial charge in [-0.15, -0.1) is 0 Å². The molecule has 1 aromatic rings. The van der Waals surface area contributed by atoms with Crippen molar-refractivity contribution < 1.29 is 9.53 Å². The van der Waals surface area contributed by atoms with Crippen molar-refractivity contribution in [3.05, 3.63) is 17.4 Å². The number of nitrogens with zero attached hydrogens (tertiary/aromatic N) is 2. The van der Waals surface area contributed by atoms with Gasteiger partial charge in [-0.25, -0.2) is 9.78 Å². The molecule has 0 spiro atoms. The molecule has 6 nitrogen and oxygen atoms in total. The number of carbonyl (C=O) groups is 1. The predicted octanol–water partition coefficient (Wildman–Crippen LogP) is 3.13. The minimum Gasteiger partial charge on any atom is -0.444 e. The molecular weight excluding hydrogens is 304 g/mol. The third-order valence-corrected chi connectivity index (χ3v) is 3.75. The van der Waals surface area contributed by atoms with Gasteiger partial charge in [-0.2, -0.15) is 0 Å². The molecule has 122 valence electrons. The number of aromatic nitrogens is 1. The minimum absolute atomic E-state index is 0.249. The molecule has 0 atom stereocenters. The zero-order valence-electron chi connectivity index (χ0n) is 13.2. The molecule has 2 rings (SSSR count). The fourth-order valence-electron chi connectivity index (χ4n) is 2.33. The third kappa shape index (κ3) is 4.40. The van der Waals surface area contributed by atoms with Gasteiger partial charge in [0, 0.05) is 25.3 Å². The van der Waals surface area contributed by atoms with Crippen LogP contribution in [-0.2, 0) is 4.74 Å². The summed E-state index contributed by atoms with van der Waals surface area (Å²) in [5, 5.41) is 3.67. The summed E-state index contributed by atoms with van der Waals surface area (Å²) < 4.78 is 5.39. The average molecular weight is 327 g/mol. The van der Waals surface area contributed by atoms with E-state index in [2.05, 4.69) is 10.3 Å². The van der Waals surface area contributed by atoms with E-state index >= 15 is 0 Å². The molecule has 1 aromatic heterocycles. The lowest BCUT2D eigenvalue weighted by molar-refractivity contribution is 0.0210. The number of hydrogen-bond acceptors (Lipinski definition) is 5. The van der Waals surface area contributed by atoms with Gasteiger partial charge in [0.15, 0.2) is 5.15 Å². The second kappa shape index (κ2) is 6.60. The SMILES string of the molecule is CC(C)(C)OC(=O)N1CCC(Nc2ccnc(Cl)c2N)CC1. The summed E-state index contributed by atoms with van der Waals surface area (Å²) in [6, 6.07) is 2.06. The predicted molar refractivity (Wildman–Crippen MR) is 88.1 cm³/mol. The molecule has 1 fully saturated rings. The Morgan fingerprint density at radius 2 is 2.09 bits per heavy atom. The lowest BCUT2D eigenvalue weighted by Crippen LogP contribution is -2.44. The number of nitrogens with one attached hydrogen (secondary N) is 1. The minimum atomic E-state index is -0.464. The van der Waals surface area contributed by atoms with E-state index in [0.29, 0.717) is 23.9 Å². The van der Waals surface area contributed by atoms with Gasteiger partial charge in [0.2, 0.25) is 0 Å². The number of anilines is 2. The first kappa shape index (κ1) is 16.7. The summed E-state index contributed by atoms with van der Waals surface area (Å²) in [5.74, 6) is 0. The first-order chi connectivity index (χ1) is 10.3. The van der Waals surface area contributed by atoms with Crippen LogP contribution in [0.3, 0.4) is 0 Å². The number of piperidine rings is 1. The second-order valence-electron chi connectivity index (χ2n) is 6.45. The Bertz CT molecular complexity index is 537. The Morgan fingerprint density at radius 1 is 1.45 bits per heavy atom. The number of nitrogens with two attached hydrogens (primary N) is 1. The monoisotopic (exact) mass is 326 g/mol. The highest BCUT2D eigenvalue weighted by molar-refractivity contribution is 6.32. The van der Waals surface area contributed by atoms with Crippen molar-refractivity contribution in [1.82, 2.24) is 9.88 Å². The van der Waals surface area contributed by atoms with Gasteiger partial charge >= 0.3 is 6.09 Å². The molecule has 22 heavy (non-hydrogen) atoms. The molecule has 7 heteroatoms. The number of hydrogen-bond donors (Lipinski definition) is 2. The van der Waals surface area contributed by atoms with Crippen molar-refractivity contribution in [3.8, 4) is 0 Å². The van der Waals surface area contributed by atoms with Gasteiger partial charge in [0.1, 0.15) is 5.60 Å². The van der Waals surface area contributed by atoms with E-state index in [1.165, 1.54) is 0 Å². The van der Waals surface area contributed by atoms with Gasteiger partial charge in [-0.05, 0) is 39.7 Å². The lowest BCUT2D eigenvalue weighted by atomic mass is 10.0. The molecule has 0 aliphatic carbocycles. The van der Waals surface area contributed by atoms with Crippen LogP contribution in [0.1, 0.15) is 33.6 Å². The Kier molecular flexibility index (Phi) is 5.01. The number of rotatable bonds is 2. The fourth-order valence-corrected chi connectivity index (χ4v) is 2.48. The number of amides is 1. The highest BCUT2D eigenvalue weighted by atomic mass is 35.5. The van der Waals surface area contributed by atoms with Crippen LogP contribution in [0.25, 0.3) is 0 Å².